The van der Waals surface area contributed by atoms with Crippen LogP contribution in [-0.4, -0.2) is 27.5 Å². The summed E-state index contributed by atoms with van der Waals surface area (Å²) in [5.74, 6) is 4.04. The summed E-state index contributed by atoms with van der Waals surface area (Å²) in [6.07, 6.45) is 5.97. The molecule has 17 heavy (non-hydrogen) atoms. The second-order valence-corrected chi connectivity index (χ2v) is 5.59. The minimum Gasteiger partial charge on any atom is -0.383 e. The fourth-order valence-corrected chi connectivity index (χ4v) is 3.19. The minimum atomic E-state index is 0.543. The third-order valence-electron chi connectivity index (χ3n) is 3.04. The van der Waals surface area contributed by atoms with E-state index in [0.717, 1.165) is 24.2 Å². The quantitative estimate of drug-likeness (QED) is 0.861. The summed E-state index contributed by atoms with van der Waals surface area (Å²) in [5, 5.41) is 3.53. The van der Waals surface area contributed by atoms with Crippen molar-refractivity contribution in [1.29, 1.82) is 0 Å². The summed E-state index contributed by atoms with van der Waals surface area (Å²) in [7, 11) is 0. The molecule has 1 aromatic rings. The number of nitrogen functional groups attached to an aromatic ring is 1. The maximum absolute atomic E-state index is 5.92. The van der Waals surface area contributed by atoms with Crippen LogP contribution < -0.4 is 11.1 Å². The van der Waals surface area contributed by atoms with E-state index in [1.54, 1.807) is 6.33 Å². The van der Waals surface area contributed by atoms with Crippen molar-refractivity contribution in [3.8, 4) is 0 Å². The van der Waals surface area contributed by atoms with Crippen molar-refractivity contribution in [3.63, 3.8) is 0 Å². The Balaban J connectivity index is 2.10. The highest BCUT2D eigenvalue weighted by molar-refractivity contribution is 7.99. The van der Waals surface area contributed by atoms with Crippen LogP contribution in [0.2, 0.25) is 0 Å². The molecule has 1 aromatic heterocycles. The van der Waals surface area contributed by atoms with E-state index in [0.29, 0.717) is 11.9 Å². The molecule has 0 atom stereocenters. The Hall–Kier alpha value is -0.970. The highest BCUT2D eigenvalue weighted by atomic mass is 32.2. The van der Waals surface area contributed by atoms with Gasteiger partial charge in [0.2, 0.25) is 0 Å². The zero-order chi connectivity index (χ0) is 12.1. The molecule has 5 heteroatoms. The molecule has 1 saturated heterocycles. The molecule has 0 aromatic carbocycles. The fourth-order valence-electron chi connectivity index (χ4n) is 2.08. The highest BCUT2D eigenvalue weighted by Gasteiger charge is 2.16. The van der Waals surface area contributed by atoms with Gasteiger partial charge in [-0.2, -0.15) is 11.8 Å². The van der Waals surface area contributed by atoms with E-state index in [2.05, 4.69) is 22.2 Å². The van der Waals surface area contributed by atoms with Gasteiger partial charge in [-0.3, -0.25) is 0 Å². The van der Waals surface area contributed by atoms with Crippen molar-refractivity contribution in [2.75, 3.05) is 22.6 Å². The van der Waals surface area contributed by atoms with Crippen molar-refractivity contribution < 1.29 is 0 Å². The average Bonchev–Trinajstić information content (AvgIpc) is 2.35. The molecular formula is C12H20N4S. The van der Waals surface area contributed by atoms with Crippen LogP contribution in [0.3, 0.4) is 0 Å². The molecule has 0 spiro atoms. The Morgan fingerprint density at radius 2 is 2.18 bits per heavy atom. The van der Waals surface area contributed by atoms with E-state index >= 15 is 0 Å². The SMILES string of the molecule is CCCc1c(N)ncnc1NC1CCSCC1. The molecular weight excluding hydrogens is 232 g/mol. The van der Waals surface area contributed by atoms with Crippen molar-refractivity contribution >= 4 is 23.4 Å². The number of nitrogens with one attached hydrogen (secondary N) is 1. The summed E-state index contributed by atoms with van der Waals surface area (Å²) < 4.78 is 0. The maximum atomic E-state index is 5.92. The van der Waals surface area contributed by atoms with Gasteiger partial charge in [-0.05, 0) is 30.8 Å². The smallest absolute Gasteiger partial charge is 0.134 e. The molecule has 2 heterocycles. The van der Waals surface area contributed by atoms with Crippen molar-refractivity contribution in [2.24, 2.45) is 0 Å². The van der Waals surface area contributed by atoms with Crippen LogP contribution in [0.4, 0.5) is 11.6 Å². The van der Waals surface area contributed by atoms with Crippen LogP contribution in [0, 0.1) is 0 Å². The predicted octanol–water partition coefficient (Wildman–Crippen LogP) is 2.32. The number of nitrogens with two attached hydrogens (primary N) is 1. The van der Waals surface area contributed by atoms with Crippen LogP contribution in [0.15, 0.2) is 6.33 Å². The summed E-state index contributed by atoms with van der Waals surface area (Å²) >= 11 is 2.03. The standard InChI is InChI=1S/C12H20N4S/c1-2-3-10-11(13)14-8-15-12(10)16-9-4-6-17-7-5-9/h8-9H,2-7H2,1H3,(H3,13,14,15,16). The van der Waals surface area contributed by atoms with E-state index < -0.39 is 0 Å². The van der Waals surface area contributed by atoms with Gasteiger partial charge in [0.1, 0.15) is 18.0 Å². The number of nitrogens with zero attached hydrogens (tertiary/aromatic N) is 2. The molecule has 0 bridgehead atoms. The third kappa shape index (κ3) is 3.25. The van der Waals surface area contributed by atoms with Crippen LogP contribution in [0.1, 0.15) is 31.7 Å². The maximum Gasteiger partial charge on any atom is 0.134 e. The Labute approximate surface area is 107 Å². The van der Waals surface area contributed by atoms with Crippen molar-refractivity contribution in [1.82, 2.24) is 9.97 Å². The van der Waals surface area contributed by atoms with Gasteiger partial charge in [0, 0.05) is 11.6 Å². The minimum absolute atomic E-state index is 0.543. The first-order valence-electron chi connectivity index (χ1n) is 6.25. The van der Waals surface area contributed by atoms with Gasteiger partial charge in [-0.15, -0.1) is 0 Å². The lowest BCUT2D eigenvalue weighted by Gasteiger charge is -2.24. The topological polar surface area (TPSA) is 63.8 Å². The van der Waals surface area contributed by atoms with Gasteiger partial charge in [-0.25, -0.2) is 9.97 Å². The lowest BCUT2D eigenvalue weighted by atomic mass is 10.1. The molecule has 1 aliphatic rings. The van der Waals surface area contributed by atoms with Gasteiger partial charge in [0.25, 0.3) is 0 Å². The van der Waals surface area contributed by atoms with Crippen LogP contribution in [0.25, 0.3) is 0 Å². The summed E-state index contributed by atoms with van der Waals surface area (Å²) in [5.41, 5.74) is 6.99. The van der Waals surface area contributed by atoms with Crippen LogP contribution in [-0.2, 0) is 6.42 Å². The first kappa shape index (κ1) is 12.5. The molecule has 94 valence electrons. The monoisotopic (exact) mass is 252 g/mol. The van der Waals surface area contributed by atoms with Gasteiger partial charge in [0.05, 0.1) is 0 Å². The number of rotatable bonds is 4. The zero-order valence-electron chi connectivity index (χ0n) is 10.3. The lowest BCUT2D eigenvalue weighted by molar-refractivity contribution is 0.661. The van der Waals surface area contributed by atoms with Crippen LogP contribution >= 0.6 is 11.8 Å². The Morgan fingerprint density at radius 3 is 2.88 bits per heavy atom. The highest BCUT2D eigenvalue weighted by Crippen LogP contribution is 2.24. The molecule has 4 nitrogen and oxygen atoms in total. The number of aromatic nitrogens is 2. The van der Waals surface area contributed by atoms with Crippen LogP contribution in [0.5, 0.6) is 0 Å². The summed E-state index contributed by atoms with van der Waals surface area (Å²) in [4.78, 5) is 8.42. The molecule has 1 aliphatic heterocycles. The van der Waals surface area contributed by atoms with E-state index in [4.69, 9.17) is 5.73 Å². The van der Waals surface area contributed by atoms with Gasteiger partial charge in [-0.1, -0.05) is 13.3 Å². The van der Waals surface area contributed by atoms with Gasteiger partial charge in [0.15, 0.2) is 0 Å². The molecule has 1 fully saturated rings. The second kappa shape index (κ2) is 6.10. The normalized spacial score (nSPS) is 17.0. The third-order valence-corrected chi connectivity index (χ3v) is 4.09. The molecule has 0 unspecified atom stereocenters. The number of anilines is 2. The summed E-state index contributed by atoms with van der Waals surface area (Å²) in [6.45, 7) is 2.15. The predicted molar refractivity (Wildman–Crippen MR) is 74.4 cm³/mol. The van der Waals surface area contributed by atoms with Gasteiger partial charge < -0.3 is 11.1 Å². The first-order valence-corrected chi connectivity index (χ1v) is 7.40. The van der Waals surface area contributed by atoms with E-state index in [1.165, 1.54) is 24.3 Å². The van der Waals surface area contributed by atoms with Crippen molar-refractivity contribution in [3.05, 3.63) is 11.9 Å². The average molecular weight is 252 g/mol. The van der Waals surface area contributed by atoms with E-state index in [1.807, 2.05) is 11.8 Å². The summed E-state index contributed by atoms with van der Waals surface area (Å²) in [6, 6.07) is 0.543. The largest absolute Gasteiger partial charge is 0.383 e. The molecule has 0 radical (unpaired) electrons. The molecule has 0 saturated carbocycles. The van der Waals surface area contributed by atoms with E-state index in [-0.39, 0.29) is 0 Å². The number of thioether (sulfide) groups is 1. The fraction of sp³-hybridized carbons (Fsp3) is 0.667. The lowest BCUT2D eigenvalue weighted by Crippen LogP contribution is -2.26. The number of hydrogen-bond acceptors (Lipinski definition) is 5. The Morgan fingerprint density at radius 1 is 1.41 bits per heavy atom. The molecule has 2 rings (SSSR count). The first-order chi connectivity index (χ1) is 8.31. The van der Waals surface area contributed by atoms with E-state index in [9.17, 15) is 0 Å². The second-order valence-electron chi connectivity index (χ2n) is 4.37. The Kier molecular flexibility index (Phi) is 4.48. The van der Waals surface area contributed by atoms with Gasteiger partial charge >= 0.3 is 0 Å². The Bertz CT molecular complexity index is 364. The molecule has 3 N–H and O–H groups in total. The zero-order valence-corrected chi connectivity index (χ0v) is 11.1. The molecule has 0 aliphatic carbocycles. The van der Waals surface area contributed by atoms with Crippen molar-refractivity contribution in [2.45, 2.75) is 38.6 Å². The molecule has 0 amide bonds. The number of hydrogen-bond donors (Lipinski definition) is 2.